The molecule has 11 rings (SSSR count). The minimum absolute atomic E-state index is 0.563. The van der Waals surface area contributed by atoms with Crippen molar-refractivity contribution in [3.63, 3.8) is 0 Å². The van der Waals surface area contributed by atoms with E-state index < -0.39 is 10.8 Å². The molecular formula is C40H23N3O3S4. The molecule has 0 fully saturated rings. The van der Waals surface area contributed by atoms with Crippen molar-refractivity contribution in [2.75, 3.05) is 10.7 Å². The highest BCUT2D eigenvalue weighted by atomic mass is 32.2. The number of fused-ring (bicyclic) bond motifs is 2. The van der Waals surface area contributed by atoms with Gasteiger partial charge >= 0.3 is 0 Å². The van der Waals surface area contributed by atoms with Crippen molar-refractivity contribution in [3.8, 4) is 34.0 Å². The molecule has 0 amide bonds. The Morgan fingerprint density at radius 2 is 1.00 bits per heavy atom. The van der Waals surface area contributed by atoms with Gasteiger partial charge in [-0.15, -0.1) is 0 Å². The lowest BCUT2D eigenvalue weighted by Gasteiger charge is -2.43. The SMILES string of the molecule is CCS(=O)c1ccccc1-c1cc2c3c(c1)Sc1cc(-c4nc5ccccc5o4)cc4c1N3c1c(cc(-c3nc5ccccc5o3)cc1S2)S4. The minimum Gasteiger partial charge on any atom is -0.436 e. The molecule has 1 atom stereocenters. The number of para-hydroxylation sites is 4. The monoisotopic (exact) mass is 721 g/mol. The fourth-order valence-electron chi connectivity index (χ4n) is 7.02. The lowest BCUT2D eigenvalue weighted by molar-refractivity contribution is 0.619. The second-order valence-electron chi connectivity index (χ2n) is 12.2. The second kappa shape index (κ2) is 10.9. The van der Waals surface area contributed by atoms with Gasteiger partial charge in [0, 0.05) is 51.1 Å². The molecule has 3 aliphatic heterocycles. The van der Waals surface area contributed by atoms with Crippen LogP contribution in [0.15, 0.2) is 152 Å². The van der Waals surface area contributed by atoms with Crippen LogP contribution in [-0.4, -0.2) is 19.9 Å². The Labute approximate surface area is 301 Å². The van der Waals surface area contributed by atoms with E-state index in [0.717, 1.165) is 78.7 Å². The van der Waals surface area contributed by atoms with E-state index in [1.165, 1.54) is 17.1 Å². The average Bonchev–Trinajstić information content (AvgIpc) is 3.79. The number of hydrogen-bond acceptors (Lipinski definition) is 9. The lowest BCUT2D eigenvalue weighted by Crippen LogP contribution is -2.23. The molecule has 0 spiro atoms. The van der Waals surface area contributed by atoms with Crippen molar-refractivity contribution in [1.82, 2.24) is 9.97 Å². The summed E-state index contributed by atoms with van der Waals surface area (Å²) in [5.74, 6) is 1.76. The Morgan fingerprint density at radius 3 is 1.46 bits per heavy atom. The van der Waals surface area contributed by atoms with E-state index in [9.17, 15) is 4.21 Å². The zero-order valence-corrected chi connectivity index (χ0v) is 29.6. The summed E-state index contributed by atoms with van der Waals surface area (Å²) < 4.78 is 25.8. The number of aromatic nitrogens is 2. The van der Waals surface area contributed by atoms with Gasteiger partial charge in [0.15, 0.2) is 11.2 Å². The van der Waals surface area contributed by atoms with E-state index in [0.29, 0.717) is 17.5 Å². The number of hydrogen-bond donors (Lipinski definition) is 0. The van der Waals surface area contributed by atoms with E-state index in [2.05, 4.69) is 47.4 Å². The van der Waals surface area contributed by atoms with Crippen LogP contribution in [0, 0.1) is 0 Å². The molecule has 10 heteroatoms. The van der Waals surface area contributed by atoms with Gasteiger partial charge in [-0.2, -0.15) is 0 Å². The van der Waals surface area contributed by atoms with Crippen molar-refractivity contribution in [1.29, 1.82) is 0 Å². The van der Waals surface area contributed by atoms with Gasteiger partial charge in [-0.25, -0.2) is 9.97 Å². The molecule has 6 nitrogen and oxygen atoms in total. The molecule has 240 valence electrons. The molecule has 2 aromatic heterocycles. The zero-order chi connectivity index (χ0) is 33.1. The van der Waals surface area contributed by atoms with Crippen molar-refractivity contribution in [2.24, 2.45) is 0 Å². The number of oxazole rings is 2. The van der Waals surface area contributed by atoms with E-state index in [4.69, 9.17) is 18.8 Å². The van der Waals surface area contributed by atoms with Gasteiger partial charge < -0.3 is 13.7 Å². The summed E-state index contributed by atoms with van der Waals surface area (Å²) in [4.78, 5) is 19.9. The lowest BCUT2D eigenvalue weighted by atomic mass is 10.0. The molecule has 0 aliphatic carbocycles. The summed E-state index contributed by atoms with van der Waals surface area (Å²) >= 11 is 5.32. The van der Waals surface area contributed by atoms with Crippen molar-refractivity contribution in [3.05, 3.63) is 109 Å². The number of nitrogens with zero attached hydrogens (tertiary/aromatic N) is 3. The van der Waals surface area contributed by atoms with Gasteiger partial charge in [0.25, 0.3) is 0 Å². The molecule has 0 saturated carbocycles. The molecule has 0 saturated heterocycles. The maximum absolute atomic E-state index is 13.2. The quantitative estimate of drug-likeness (QED) is 0.173. The molecule has 50 heavy (non-hydrogen) atoms. The van der Waals surface area contributed by atoms with Crippen LogP contribution in [0.5, 0.6) is 0 Å². The minimum atomic E-state index is -1.10. The van der Waals surface area contributed by atoms with Crippen LogP contribution >= 0.6 is 35.3 Å². The normalized spacial score (nSPS) is 14.3. The standard InChI is InChI=1S/C40H23N3O3S4/c1-2-50(44)35-14-8-3-9-24(35)21-15-29-36-30(16-21)48-32-18-23(40-42-26-11-5-7-13-28(26)46-40)20-34-38(32)43(36)37-31(47-29)17-22(19-33(37)49-34)39-41-25-10-4-6-12-27(25)45-39/h3-20H,2H2,1H3. The first-order valence-corrected chi connectivity index (χ1v) is 19.9. The molecule has 8 aromatic rings. The van der Waals surface area contributed by atoms with Gasteiger partial charge in [0.1, 0.15) is 11.0 Å². The third kappa shape index (κ3) is 4.29. The molecule has 6 aromatic carbocycles. The van der Waals surface area contributed by atoms with E-state index in [1.54, 1.807) is 35.3 Å². The largest absolute Gasteiger partial charge is 0.436 e. The van der Waals surface area contributed by atoms with Gasteiger partial charge in [-0.3, -0.25) is 4.21 Å². The van der Waals surface area contributed by atoms with Gasteiger partial charge in [-0.1, -0.05) is 84.7 Å². The van der Waals surface area contributed by atoms with Crippen LogP contribution in [-0.2, 0) is 10.8 Å². The van der Waals surface area contributed by atoms with E-state index >= 15 is 0 Å². The first-order chi connectivity index (χ1) is 24.6. The van der Waals surface area contributed by atoms with Crippen molar-refractivity contribution < 1.29 is 13.0 Å². The van der Waals surface area contributed by atoms with Gasteiger partial charge in [0.05, 0.1) is 27.9 Å². The third-order valence-corrected chi connectivity index (χ3v) is 13.8. The predicted octanol–water partition coefficient (Wildman–Crippen LogP) is 12.0. The number of benzene rings is 6. The van der Waals surface area contributed by atoms with Crippen molar-refractivity contribution in [2.45, 2.75) is 41.2 Å². The molecular weight excluding hydrogens is 699 g/mol. The third-order valence-electron chi connectivity index (χ3n) is 9.24. The molecule has 0 bridgehead atoms. The Kier molecular flexibility index (Phi) is 6.32. The predicted molar refractivity (Wildman–Crippen MR) is 202 cm³/mol. The maximum Gasteiger partial charge on any atom is 0.227 e. The highest BCUT2D eigenvalue weighted by Crippen LogP contribution is 2.67. The number of anilines is 3. The fraction of sp³-hybridized carbons (Fsp3) is 0.0500. The molecule has 5 heterocycles. The topological polar surface area (TPSA) is 72.4 Å². The first-order valence-electron chi connectivity index (χ1n) is 16.2. The van der Waals surface area contributed by atoms with Crippen LogP contribution < -0.4 is 4.90 Å². The van der Waals surface area contributed by atoms with E-state index in [1.807, 2.05) is 73.7 Å². The molecule has 3 aliphatic rings. The summed E-state index contributed by atoms with van der Waals surface area (Å²) in [6, 6.07) is 37.2. The summed E-state index contributed by atoms with van der Waals surface area (Å²) in [7, 11) is -1.10. The maximum atomic E-state index is 13.2. The summed E-state index contributed by atoms with van der Waals surface area (Å²) in [5.41, 5.74) is 10.7. The highest BCUT2D eigenvalue weighted by molar-refractivity contribution is 8.01. The first kappa shape index (κ1) is 29.0. The zero-order valence-electron chi connectivity index (χ0n) is 26.3. The van der Waals surface area contributed by atoms with Crippen LogP contribution in [0.1, 0.15) is 6.92 Å². The van der Waals surface area contributed by atoms with E-state index in [-0.39, 0.29) is 0 Å². The van der Waals surface area contributed by atoms with Crippen LogP contribution in [0.25, 0.3) is 56.2 Å². The molecule has 0 N–H and O–H groups in total. The average molecular weight is 722 g/mol. The Bertz CT molecular complexity index is 2570. The Morgan fingerprint density at radius 1 is 0.580 bits per heavy atom. The smallest absolute Gasteiger partial charge is 0.227 e. The fourth-order valence-corrected chi connectivity index (χ4v) is 11.8. The number of rotatable bonds is 5. The Hall–Kier alpha value is -4.74. The van der Waals surface area contributed by atoms with Crippen LogP contribution in [0.2, 0.25) is 0 Å². The second-order valence-corrected chi connectivity index (χ2v) is 17.2. The van der Waals surface area contributed by atoms with Gasteiger partial charge in [-0.05, 0) is 77.9 Å². The van der Waals surface area contributed by atoms with Crippen LogP contribution in [0.4, 0.5) is 17.1 Å². The van der Waals surface area contributed by atoms with Crippen molar-refractivity contribution >= 4 is 85.3 Å². The highest BCUT2D eigenvalue weighted by Gasteiger charge is 2.40. The van der Waals surface area contributed by atoms with Gasteiger partial charge in [0.2, 0.25) is 11.8 Å². The van der Waals surface area contributed by atoms with Crippen LogP contribution in [0.3, 0.4) is 0 Å². The summed E-state index contributed by atoms with van der Waals surface area (Å²) in [6.07, 6.45) is 0. The Balaban J connectivity index is 1.15. The summed E-state index contributed by atoms with van der Waals surface area (Å²) in [6.45, 7) is 1.97. The summed E-state index contributed by atoms with van der Waals surface area (Å²) in [5, 5.41) is 0. The molecule has 1 unspecified atom stereocenters. The molecule has 0 radical (unpaired) electrons.